The smallest absolute Gasteiger partial charge is 0.309 e. The third-order valence-corrected chi connectivity index (χ3v) is 5.85. The van der Waals surface area contributed by atoms with Gasteiger partial charge in [0.1, 0.15) is 5.82 Å². The number of hydrogen-bond donors (Lipinski definition) is 1. The highest BCUT2D eigenvalue weighted by molar-refractivity contribution is 6.31. The second kappa shape index (κ2) is 6.33. The van der Waals surface area contributed by atoms with Crippen molar-refractivity contribution >= 4 is 23.5 Å². The highest BCUT2D eigenvalue weighted by Gasteiger charge is 2.55. The largest absolute Gasteiger partial charge is 0.481 e. The Bertz CT molecular complexity index is 674. The van der Waals surface area contributed by atoms with Crippen molar-refractivity contribution in [3.05, 3.63) is 34.6 Å². The van der Waals surface area contributed by atoms with Crippen molar-refractivity contribution in [1.29, 1.82) is 0 Å². The summed E-state index contributed by atoms with van der Waals surface area (Å²) in [5.74, 6) is -2.01. The Labute approximate surface area is 145 Å². The van der Waals surface area contributed by atoms with Crippen molar-refractivity contribution in [3.8, 4) is 0 Å². The summed E-state index contributed by atoms with van der Waals surface area (Å²) in [5, 5.41) is 9.88. The van der Waals surface area contributed by atoms with Gasteiger partial charge >= 0.3 is 5.97 Å². The van der Waals surface area contributed by atoms with Crippen LogP contribution in [0.5, 0.6) is 0 Å². The first-order chi connectivity index (χ1) is 11.3. The zero-order valence-electron chi connectivity index (χ0n) is 13.5. The van der Waals surface area contributed by atoms with Gasteiger partial charge in [-0.2, -0.15) is 0 Å². The van der Waals surface area contributed by atoms with Crippen LogP contribution in [0.15, 0.2) is 18.2 Å². The molecule has 0 radical (unpaired) electrons. The van der Waals surface area contributed by atoms with Crippen molar-refractivity contribution in [2.24, 2.45) is 5.92 Å². The minimum absolute atomic E-state index is 0.0790. The molecule has 5 nitrogen and oxygen atoms in total. The molecular weight excluding hydrogens is 335 g/mol. The first kappa shape index (κ1) is 17.2. The van der Waals surface area contributed by atoms with Crippen LogP contribution in [-0.2, 0) is 16.1 Å². The van der Waals surface area contributed by atoms with Crippen LogP contribution >= 0.6 is 11.6 Å². The second-order valence-corrected chi connectivity index (χ2v) is 7.07. The van der Waals surface area contributed by atoms with Gasteiger partial charge in [0.05, 0.1) is 11.5 Å². The van der Waals surface area contributed by atoms with E-state index < -0.39 is 17.4 Å². The van der Waals surface area contributed by atoms with Crippen LogP contribution < -0.4 is 0 Å². The Hall–Kier alpha value is -1.66. The predicted molar refractivity (Wildman–Crippen MR) is 87.2 cm³/mol. The van der Waals surface area contributed by atoms with E-state index in [0.29, 0.717) is 37.5 Å². The van der Waals surface area contributed by atoms with Gasteiger partial charge in [-0.15, -0.1) is 0 Å². The number of amides is 1. The molecule has 7 heteroatoms. The molecule has 0 aromatic heterocycles. The molecule has 2 aliphatic rings. The minimum atomic E-state index is -0.900. The zero-order chi connectivity index (χ0) is 17.5. The molecule has 1 N–H and O–H groups in total. The van der Waals surface area contributed by atoms with Crippen molar-refractivity contribution in [2.75, 3.05) is 20.1 Å². The molecule has 2 fully saturated rings. The summed E-state index contributed by atoms with van der Waals surface area (Å²) in [4.78, 5) is 27.4. The van der Waals surface area contributed by atoms with Crippen molar-refractivity contribution in [1.82, 2.24) is 9.80 Å². The number of piperidine rings is 1. The van der Waals surface area contributed by atoms with Gasteiger partial charge < -0.3 is 10.0 Å². The molecule has 2 saturated heterocycles. The number of hydrogen-bond acceptors (Lipinski definition) is 3. The third kappa shape index (κ3) is 2.89. The molecule has 1 spiro atoms. The summed E-state index contributed by atoms with van der Waals surface area (Å²) in [7, 11) is 1.71. The summed E-state index contributed by atoms with van der Waals surface area (Å²) in [5.41, 5.74) is 0.256. The highest BCUT2D eigenvalue weighted by atomic mass is 35.5. The fraction of sp³-hybridized carbons (Fsp3) is 0.529. The van der Waals surface area contributed by atoms with E-state index in [1.54, 1.807) is 18.0 Å². The van der Waals surface area contributed by atoms with Crippen LogP contribution in [0.4, 0.5) is 4.39 Å². The number of nitrogens with zero attached hydrogens (tertiary/aromatic N) is 2. The number of carboxylic acids is 1. The molecule has 0 aliphatic carbocycles. The van der Waals surface area contributed by atoms with Gasteiger partial charge in [-0.3, -0.25) is 14.5 Å². The van der Waals surface area contributed by atoms with Crippen LogP contribution in [0.1, 0.15) is 24.8 Å². The van der Waals surface area contributed by atoms with Crippen LogP contribution in [0.2, 0.25) is 5.02 Å². The Balaban J connectivity index is 1.71. The average molecular weight is 355 g/mol. The number of rotatable bonds is 3. The standard InChI is InChI=1S/C17H20ClFN2O3/c1-20-15(22)9-13(16(23)24)17(20)4-6-21(7-5-17)10-11-2-3-12(19)8-14(11)18/h2-3,8,13H,4-7,9-10H2,1H3,(H,23,24)/t13-/m0/s1. The highest BCUT2D eigenvalue weighted by Crippen LogP contribution is 2.43. The molecule has 1 amide bonds. The Kier molecular flexibility index (Phi) is 4.53. The maximum Gasteiger partial charge on any atom is 0.309 e. The molecule has 2 aliphatic heterocycles. The molecule has 0 bridgehead atoms. The number of carboxylic acid groups (broad SMARTS) is 1. The summed E-state index contributed by atoms with van der Waals surface area (Å²) < 4.78 is 13.1. The molecule has 0 saturated carbocycles. The van der Waals surface area contributed by atoms with E-state index in [1.165, 1.54) is 12.1 Å². The Morgan fingerprint density at radius 2 is 2.08 bits per heavy atom. The number of aliphatic carboxylic acids is 1. The zero-order valence-corrected chi connectivity index (χ0v) is 14.2. The lowest BCUT2D eigenvalue weighted by Gasteiger charge is -2.45. The lowest BCUT2D eigenvalue weighted by atomic mass is 9.77. The number of carbonyl (C=O) groups is 2. The normalized spacial score (nSPS) is 23.9. The van der Waals surface area contributed by atoms with Gasteiger partial charge in [0, 0.05) is 38.1 Å². The van der Waals surface area contributed by atoms with Crippen molar-refractivity contribution in [3.63, 3.8) is 0 Å². The van der Waals surface area contributed by atoms with Gasteiger partial charge in [0.15, 0.2) is 0 Å². The van der Waals surface area contributed by atoms with Crippen LogP contribution in [0.3, 0.4) is 0 Å². The van der Waals surface area contributed by atoms with Gasteiger partial charge in [-0.05, 0) is 30.5 Å². The molecule has 130 valence electrons. The number of likely N-dealkylation sites (tertiary alicyclic amines) is 2. The lowest BCUT2D eigenvalue weighted by molar-refractivity contribution is -0.146. The number of carbonyl (C=O) groups excluding carboxylic acids is 1. The van der Waals surface area contributed by atoms with Crippen LogP contribution in [0.25, 0.3) is 0 Å². The van der Waals surface area contributed by atoms with Gasteiger partial charge in [-0.1, -0.05) is 17.7 Å². The quantitative estimate of drug-likeness (QED) is 0.905. The van der Waals surface area contributed by atoms with E-state index in [9.17, 15) is 19.1 Å². The maximum absolute atomic E-state index is 13.1. The van der Waals surface area contributed by atoms with Gasteiger partial charge in [0.25, 0.3) is 0 Å². The van der Waals surface area contributed by atoms with E-state index in [1.807, 2.05) is 0 Å². The van der Waals surface area contributed by atoms with E-state index in [2.05, 4.69) is 4.90 Å². The summed E-state index contributed by atoms with van der Waals surface area (Å²) in [6, 6.07) is 4.36. The molecule has 1 aromatic rings. The molecule has 2 heterocycles. The van der Waals surface area contributed by atoms with Gasteiger partial charge in [-0.25, -0.2) is 4.39 Å². The number of benzene rings is 1. The summed E-state index contributed by atoms with van der Waals surface area (Å²) >= 11 is 6.08. The van der Waals surface area contributed by atoms with Crippen molar-refractivity contribution in [2.45, 2.75) is 31.3 Å². The molecule has 3 rings (SSSR count). The van der Waals surface area contributed by atoms with Crippen LogP contribution in [0, 0.1) is 11.7 Å². The van der Waals surface area contributed by atoms with E-state index in [0.717, 1.165) is 5.56 Å². The number of halogens is 2. The SMILES string of the molecule is CN1C(=O)C[C@@H](C(=O)O)C12CCN(Cc1ccc(F)cc1Cl)CC2. The third-order valence-electron chi connectivity index (χ3n) is 5.50. The molecule has 1 aromatic carbocycles. The summed E-state index contributed by atoms with van der Waals surface area (Å²) in [6.07, 6.45) is 1.31. The Morgan fingerprint density at radius 3 is 2.67 bits per heavy atom. The van der Waals surface area contributed by atoms with E-state index in [4.69, 9.17) is 11.6 Å². The maximum atomic E-state index is 13.1. The van der Waals surface area contributed by atoms with E-state index in [-0.39, 0.29) is 18.1 Å². The van der Waals surface area contributed by atoms with Crippen molar-refractivity contribution < 1.29 is 19.1 Å². The summed E-state index contributed by atoms with van der Waals surface area (Å²) in [6.45, 7) is 1.94. The molecule has 0 unspecified atom stereocenters. The molecule has 1 atom stereocenters. The Morgan fingerprint density at radius 1 is 1.42 bits per heavy atom. The molecule has 24 heavy (non-hydrogen) atoms. The predicted octanol–water partition coefficient (Wildman–Crippen LogP) is 2.38. The second-order valence-electron chi connectivity index (χ2n) is 6.66. The topological polar surface area (TPSA) is 60.9 Å². The van der Waals surface area contributed by atoms with E-state index >= 15 is 0 Å². The monoisotopic (exact) mass is 354 g/mol. The lowest BCUT2D eigenvalue weighted by Crippen LogP contribution is -2.55. The first-order valence-corrected chi connectivity index (χ1v) is 8.37. The average Bonchev–Trinajstić information content (AvgIpc) is 2.78. The fourth-order valence-electron chi connectivity index (χ4n) is 3.97. The fourth-order valence-corrected chi connectivity index (χ4v) is 4.20. The van der Waals surface area contributed by atoms with Crippen LogP contribution in [-0.4, -0.2) is 52.5 Å². The first-order valence-electron chi connectivity index (χ1n) is 7.99. The van der Waals surface area contributed by atoms with Gasteiger partial charge in [0.2, 0.25) is 5.91 Å². The molecular formula is C17H20ClFN2O3. The minimum Gasteiger partial charge on any atom is -0.481 e.